The van der Waals surface area contributed by atoms with Crippen molar-refractivity contribution in [2.75, 3.05) is 0 Å². The average Bonchev–Trinajstić information content (AvgIpc) is 2.43. The predicted octanol–water partition coefficient (Wildman–Crippen LogP) is 4.09. The molecule has 1 fully saturated rings. The first kappa shape index (κ1) is 15.3. The molecule has 18 heavy (non-hydrogen) atoms. The van der Waals surface area contributed by atoms with Crippen LogP contribution in [-0.2, 0) is 9.31 Å². The van der Waals surface area contributed by atoms with Crippen LogP contribution >= 0.6 is 0 Å². The SMILES string of the molecule is C=C(C)/C=C(B1OC(C)(C)C(C)(C)O1)\C(C)=C/C. The van der Waals surface area contributed by atoms with Gasteiger partial charge in [0.15, 0.2) is 0 Å². The second-order valence-corrected chi connectivity index (χ2v) is 6.01. The molecule has 0 spiro atoms. The third-order valence-corrected chi connectivity index (χ3v) is 3.80. The molecule has 0 aromatic rings. The van der Waals surface area contributed by atoms with E-state index in [0.29, 0.717) is 0 Å². The highest BCUT2D eigenvalue weighted by atomic mass is 16.7. The van der Waals surface area contributed by atoms with E-state index in [9.17, 15) is 0 Å². The monoisotopic (exact) mass is 248 g/mol. The summed E-state index contributed by atoms with van der Waals surface area (Å²) in [5.74, 6) is 0. The maximum Gasteiger partial charge on any atom is 0.495 e. The van der Waals surface area contributed by atoms with E-state index in [1.165, 1.54) is 0 Å². The fourth-order valence-electron chi connectivity index (χ4n) is 1.77. The zero-order valence-electron chi connectivity index (χ0n) is 12.8. The largest absolute Gasteiger partial charge is 0.495 e. The van der Waals surface area contributed by atoms with E-state index in [1.807, 2.05) is 19.9 Å². The van der Waals surface area contributed by atoms with Crippen LogP contribution in [0, 0.1) is 0 Å². The molecule has 0 aliphatic carbocycles. The van der Waals surface area contributed by atoms with Gasteiger partial charge < -0.3 is 9.31 Å². The van der Waals surface area contributed by atoms with E-state index in [1.54, 1.807) is 0 Å². The van der Waals surface area contributed by atoms with Crippen molar-refractivity contribution in [1.29, 1.82) is 0 Å². The van der Waals surface area contributed by atoms with Crippen LogP contribution in [0.5, 0.6) is 0 Å². The van der Waals surface area contributed by atoms with Gasteiger partial charge in [-0.1, -0.05) is 29.9 Å². The van der Waals surface area contributed by atoms with Gasteiger partial charge in [0.2, 0.25) is 0 Å². The van der Waals surface area contributed by atoms with Crippen molar-refractivity contribution < 1.29 is 9.31 Å². The highest BCUT2D eigenvalue weighted by Gasteiger charge is 2.52. The zero-order valence-corrected chi connectivity index (χ0v) is 12.8. The second-order valence-electron chi connectivity index (χ2n) is 6.01. The van der Waals surface area contributed by atoms with Crippen molar-refractivity contribution in [3.05, 3.63) is 35.3 Å². The van der Waals surface area contributed by atoms with Crippen molar-refractivity contribution in [3.63, 3.8) is 0 Å². The van der Waals surface area contributed by atoms with Crippen molar-refractivity contribution in [1.82, 2.24) is 0 Å². The topological polar surface area (TPSA) is 18.5 Å². The summed E-state index contributed by atoms with van der Waals surface area (Å²) in [7, 11) is -0.317. The summed E-state index contributed by atoms with van der Waals surface area (Å²) in [5, 5.41) is 0. The highest BCUT2D eigenvalue weighted by Crippen LogP contribution is 2.39. The molecule has 0 saturated carbocycles. The number of hydrogen-bond acceptors (Lipinski definition) is 2. The molecule has 0 atom stereocenters. The van der Waals surface area contributed by atoms with Gasteiger partial charge in [-0.15, -0.1) is 0 Å². The third-order valence-electron chi connectivity index (χ3n) is 3.80. The van der Waals surface area contributed by atoms with Gasteiger partial charge in [-0.2, -0.15) is 0 Å². The maximum absolute atomic E-state index is 6.08. The molecular formula is C15H25BO2. The number of allylic oxidation sites excluding steroid dienone is 5. The molecule has 0 N–H and O–H groups in total. The summed E-state index contributed by atoms with van der Waals surface area (Å²) in [6.07, 6.45) is 4.11. The minimum Gasteiger partial charge on any atom is -0.399 e. The lowest BCUT2D eigenvalue weighted by atomic mass is 9.73. The van der Waals surface area contributed by atoms with E-state index in [4.69, 9.17) is 9.31 Å². The first-order chi connectivity index (χ1) is 8.10. The molecule has 1 rings (SSSR count). The summed E-state index contributed by atoms with van der Waals surface area (Å²) >= 11 is 0. The molecule has 1 aliphatic heterocycles. The average molecular weight is 248 g/mol. The minimum absolute atomic E-state index is 0.306. The summed E-state index contributed by atoms with van der Waals surface area (Å²) < 4.78 is 12.2. The molecule has 1 aliphatic rings. The predicted molar refractivity (Wildman–Crippen MR) is 78.4 cm³/mol. The Labute approximate surface area is 112 Å². The standard InChI is InChI=1S/C15H25BO2/c1-9-12(4)13(10-11(2)3)16-17-14(5,6)15(7,8)18-16/h9-10H,2H2,1,3-8H3/b12-9-,13-10+. The lowest BCUT2D eigenvalue weighted by Crippen LogP contribution is -2.41. The Kier molecular flexibility index (Phi) is 4.29. The molecule has 3 heteroatoms. The Morgan fingerprint density at radius 3 is 1.83 bits per heavy atom. The highest BCUT2D eigenvalue weighted by molar-refractivity contribution is 6.56. The molecule has 1 heterocycles. The van der Waals surface area contributed by atoms with Crippen LogP contribution in [-0.4, -0.2) is 18.3 Å². The van der Waals surface area contributed by atoms with Gasteiger partial charge >= 0.3 is 7.12 Å². The summed E-state index contributed by atoms with van der Waals surface area (Å²) in [6.45, 7) is 18.3. The number of hydrogen-bond donors (Lipinski definition) is 0. The Morgan fingerprint density at radius 2 is 1.50 bits per heavy atom. The first-order valence-corrected chi connectivity index (χ1v) is 6.47. The molecular weight excluding hydrogens is 223 g/mol. The fraction of sp³-hybridized carbons (Fsp3) is 0.600. The smallest absolute Gasteiger partial charge is 0.399 e. The van der Waals surface area contributed by atoms with E-state index in [0.717, 1.165) is 16.6 Å². The third kappa shape index (κ3) is 2.96. The molecule has 0 bridgehead atoms. The van der Waals surface area contributed by atoms with Gasteiger partial charge in [0.05, 0.1) is 11.2 Å². The molecule has 0 radical (unpaired) electrons. The van der Waals surface area contributed by atoms with Crippen LogP contribution in [0.2, 0.25) is 0 Å². The maximum atomic E-state index is 6.08. The number of rotatable bonds is 3. The molecule has 0 unspecified atom stereocenters. The summed E-state index contributed by atoms with van der Waals surface area (Å²) in [4.78, 5) is 0. The Balaban J connectivity index is 3.10. The van der Waals surface area contributed by atoms with E-state index in [-0.39, 0.29) is 18.3 Å². The van der Waals surface area contributed by atoms with Crippen molar-refractivity contribution >= 4 is 7.12 Å². The Morgan fingerprint density at radius 1 is 1.06 bits per heavy atom. The molecule has 1 saturated heterocycles. The molecule has 0 aromatic carbocycles. The molecule has 0 aromatic heterocycles. The van der Waals surface area contributed by atoms with Gasteiger partial charge in [-0.05, 0) is 53.9 Å². The molecule has 100 valence electrons. The molecule has 2 nitrogen and oxygen atoms in total. The van der Waals surface area contributed by atoms with Crippen LogP contribution < -0.4 is 0 Å². The van der Waals surface area contributed by atoms with Gasteiger partial charge in [0, 0.05) is 0 Å². The quantitative estimate of drug-likeness (QED) is 0.553. The molecule has 0 amide bonds. The van der Waals surface area contributed by atoms with Crippen LogP contribution in [0.1, 0.15) is 48.5 Å². The first-order valence-electron chi connectivity index (χ1n) is 6.47. The minimum atomic E-state index is -0.317. The van der Waals surface area contributed by atoms with Crippen molar-refractivity contribution in [2.45, 2.75) is 59.7 Å². The normalized spacial score (nSPS) is 23.4. The Hall–Kier alpha value is -0.795. The van der Waals surface area contributed by atoms with Crippen LogP contribution in [0.3, 0.4) is 0 Å². The fourth-order valence-corrected chi connectivity index (χ4v) is 1.77. The van der Waals surface area contributed by atoms with E-state index >= 15 is 0 Å². The van der Waals surface area contributed by atoms with E-state index < -0.39 is 0 Å². The zero-order chi connectivity index (χ0) is 14.1. The van der Waals surface area contributed by atoms with Crippen molar-refractivity contribution in [3.8, 4) is 0 Å². The Bertz CT molecular complexity index is 387. The lowest BCUT2D eigenvalue weighted by Gasteiger charge is -2.32. The van der Waals surface area contributed by atoms with Gasteiger partial charge in [0.1, 0.15) is 0 Å². The summed E-state index contributed by atoms with van der Waals surface area (Å²) in [6, 6.07) is 0. The van der Waals surface area contributed by atoms with E-state index in [2.05, 4.69) is 47.3 Å². The van der Waals surface area contributed by atoms with Crippen molar-refractivity contribution in [2.24, 2.45) is 0 Å². The van der Waals surface area contributed by atoms with Gasteiger partial charge in [0.25, 0.3) is 0 Å². The summed E-state index contributed by atoms with van der Waals surface area (Å²) in [5.41, 5.74) is 2.61. The second kappa shape index (κ2) is 5.06. The van der Waals surface area contributed by atoms with Crippen LogP contribution in [0.25, 0.3) is 0 Å². The lowest BCUT2D eigenvalue weighted by molar-refractivity contribution is 0.00578. The van der Waals surface area contributed by atoms with Gasteiger partial charge in [-0.3, -0.25) is 0 Å². The van der Waals surface area contributed by atoms with Gasteiger partial charge in [-0.25, -0.2) is 0 Å². The van der Waals surface area contributed by atoms with Crippen LogP contribution in [0.15, 0.2) is 35.3 Å². The van der Waals surface area contributed by atoms with Crippen LogP contribution in [0.4, 0.5) is 0 Å².